The number of hydrogen-bond acceptors (Lipinski definition) is 3. The summed E-state index contributed by atoms with van der Waals surface area (Å²) >= 11 is 0. The molecular weight excluding hydrogens is 370 g/mol. The zero-order valence-electron chi connectivity index (χ0n) is 17.1. The molecular formula is C26H25N3O. The maximum Gasteiger partial charge on any atom is 0.258 e. The van der Waals surface area contributed by atoms with Gasteiger partial charge in [0.2, 0.25) is 0 Å². The number of fused-ring (bicyclic) bond motifs is 2. The quantitative estimate of drug-likeness (QED) is 0.522. The number of aromatic amines is 1. The van der Waals surface area contributed by atoms with Gasteiger partial charge in [0.1, 0.15) is 5.82 Å². The molecule has 4 heteroatoms. The van der Waals surface area contributed by atoms with E-state index in [1.54, 1.807) is 0 Å². The lowest BCUT2D eigenvalue weighted by atomic mass is 10.1. The second-order valence-corrected chi connectivity index (χ2v) is 8.17. The summed E-state index contributed by atoms with van der Waals surface area (Å²) < 4.78 is 0. The highest BCUT2D eigenvalue weighted by atomic mass is 16.1. The lowest BCUT2D eigenvalue weighted by molar-refractivity contribution is 0.174. The van der Waals surface area contributed by atoms with Crippen LogP contribution in [0.1, 0.15) is 40.5 Å². The molecule has 1 aliphatic carbocycles. The SMILES string of the molecule is Cc1ccc(CN(Cc2nc3ccccc3c(=O)[nH]2)C2CCc3ccccc32)cc1. The molecule has 4 nitrogen and oxygen atoms in total. The van der Waals surface area contributed by atoms with E-state index in [0.717, 1.165) is 30.7 Å². The number of hydrogen-bond donors (Lipinski definition) is 1. The Morgan fingerprint density at radius 1 is 0.967 bits per heavy atom. The summed E-state index contributed by atoms with van der Waals surface area (Å²) in [5, 5.41) is 0.637. The highest BCUT2D eigenvalue weighted by Crippen LogP contribution is 2.37. The predicted molar refractivity (Wildman–Crippen MR) is 120 cm³/mol. The zero-order valence-corrected chi connectivity index (χ0v) is 17.1. The van der Waals surface area contributed by atoms with Gasteiger partial charge in [0.25, 0.3) is 5.56 Å². The summed E-state index contributed by atoms with van der Waals surface area (Å²) in [5.41, 5.74) is 6.03. The van der Waals surface area contributed by atoms with Gasteiger partial charge in [0.05, 0.1) is 17.4 Å². The van der Waals surface area contributed by atoms with E-state index in [1.807, 2.05) is 24.3 Å². The fourth-order valence-electron chi connectivity index (χ4n) is 4.52. The molecule has 1 N–H and O–H groups in total. The molecule has 0 radical (unpaired) electrons. The van der Waals surface area contributed by atoms with Crippen LogP contribution in [0.3, 0.4) is 0 Å². The largest absolute Gasteiger partial charge is 0.309 e. The summed E-state index contributed by atoms with van der Waals surface area (Å²) in [7, 11) is 0. The molecule has 150 valence electrons. The smallest absolute Gasteiger partial charge is 0.258 e. The Labute approximate surface area is 176 Å². The third-order valence-corrected chi connectivity index (χ3v) is 6.06. The molecule has 30 heavy (non-hydrogen) atoms. The van der Waals surface area contributed by atoms with Crippen molar-refractivity contribution < 1.29 is 0 Å². The van der Waals surface area contributed by atoms with E-state index in [0.29, 0.717) is 18.0 Å². The summed E-state index contributed by atoms with van der Waals surface area (Å²) in [4.78, 5) is 22.8. The fourth-order valence-corrected chi connectivity index (χ4v) is 4.52. The molecule has 1 atom stereocenters. The van der Waals surface area contributed by atoms with Crippen molar-refractivity contribution in [3.63, 3.8) is 0 Å². The van der Waals surface area contributed by atoms with Gasteiger partial charge in [0, 0.05) is 12.6 Å². The molecule has 0 bridgehead atoms. The zero-order chi connectivity index (χ0) is 20.5. The van der Waals surface area contributed by atoms with Crippen LogP contribution in [0, 0.1) is 6.92 Å². The van der Waals surface area contributed by atoms with Gasteiger partial charge in [-0.15, -0.1) is 0 Å². The summed E-state index contributed by atoms with van der Waals surface area (Å²) in [6.07, 6.45) is 2.18. The summed E-state index contributed by atoms with van der Waals surface area (Å²) in [6.45, 7) is 3.53. The van der Waals surface area contributed by atoms with Crippen LogP contribution in [0.5, 0.6) is 0 Å². The van der Waals surface area contributed by atoms with Crippen LogP contribution in [0.15, 0.2) is 77.6 Å². The molecule has 0 amide bonds. The first-order valence-corrected chi connectivity index (χ1v) is 10.5. The molecule has 0 saturated carbocycles. The average molecular weight is 396 g/mol. The Kier molecular flexibility index (Phi) is 4.93. The molecule has 4 aromatic rings. The Morgan fingerprint density at radius 2 is 1.73 bits per heavy atom. The minimum absolute atomic E-state index is 0.0716. The summed E-state index contributed by atoms with van der Waals surface area (Å²) in [6, 6.07) is 25.3. The van der Waals surface area contributed by atoms with Crippen molar-refractivity contribution in [2.45, 2.75) is 38.9 Å². The van der Waals surface area contributed by atoms with Crippen molar-refractivity contribution in [1.29, 1.82) is 0 Å². The second kappa shape index (κ2) is 7.88. The van der Waals surface area contributed by atoms with Crippen LogP contribution in [-0.4, -0.2) is 14.9 Å². The number of nitrogens with one attached hydrogen (secondary N) is 1. The Morgan fingerprint density at radius 3 is 2.60 bits per heavy atom. The van der Waals surface area contributed by atoms with Gasteiger partial charge < -0.3 is 4.98 Å². The number of aryl methyl sites for hydroxylation is 2. The third-order valence-electron chi connectivity index (χ3n) is 6.06. The van der Waals surface area contributed by atoms with Gasteiger partial charge >= 0.3 is 0 Å². The number of benzene rings is 3. The topological polar surface area (TPSA) is 49.0 Å². The lowest BCUT2D eigenvalue weighted by Crippen LogP contribution is -2.29. The minimum Gasteiger partial charge on any atom is -0.309 e. The number of nitrogens with zero attached hydrogens (tertiary/aromatic N) is 2. The Bertz CT molecular complexity index is 1240. The van der Waals surface area contributed by atoms with E-state index in [1.165, 1.54) is 22.3 Å². The van der Waals surface area contributed by atoms with Gasteiger partial charge in [0.15, 0.2) is 0 Å². The Balaban J connectivity index is 1.51. The van der Waals surface area contributed by atoms with Crippen LogP contribution >= 0.6 is 0 Å². The molecule has 3 aromatic carbocycles. The maximum atomic E-state index is 12.6. The number of para-hydroxylation sites is 1. The summed E-state index contributed by atoms with van der Waals surface area (Å²) in [5.74, 6) is 0.718. The van der Waals surface area contributed by atoms with Gasteiger partial charge in [-0.05, 0) is 48.6 Å². The lowest BCUT2D eigenvalue weighted by Gasteiger charge is -2.29. The van der Waals surface area contributed by atoms with E-state index in [2.05, 4.69) is 65.3 Å². The van der Waals surface area contributed by atoms with Crippen molar-refractivity contribution in [2.75, 3.05) is 0 Å². The second-order valence-electron chi connectivity index (χ2n) is 8.17. The van der Waals surface area contributed by atoms with Crippen molar-refractivity contribution in [1.82, 2.24) is 14.9 Å². The maximum absolute atomic E-state index is 12.6. The van der Waals surface area contributed by atoms with E-state index < -0.39 is 0 Å². The first-order valence-electron chi connectivity index (χ1n) is 10.5. The molecule has 0 fully saturated rings. The van der Waals surface area contributed by atoms with Crippen molar-refractivity contribution in [2.24, 2.45) is 0 Å². The standard InChI is InChI=1S/C26H25N3O/c1-18-10-12-19(13-11-18)16-29(24-15-14-20-6-2-3-7-21(20)24)17-25-27-23-9-5-4-8-22(23)26(30)28-25/h2-13,24H,14-17H2,1H3,(H,27,28,30). The Hall–Kier alpha value is -3.24. The van der Waals surface area contributed by atoms with Crippen molar-refractivity contribution in [3.8, 4) is 0 Å². The molecule has 0 aliphatic heterocycles. The van der Waals surface area contributed by atoms with Gasteiger partial charge in [-0.1, -0.05) is 66.2 Å². The van der Waals surface area contributed by atoms with E-state index in [4.69, 9.17) is 4.98 Å². The predicted octanol–water partition coefficient (Wildman–Crippen LogP) is 4.92. The van der Waals surface area contributed by atoms with Crippen LogP contribution < -0.4 is 5.56 Å². The molecule has 0 saturated heterocycles. The molecule has 1 aromatic heterocycles. The van der Waals surface area contributed by atoms with Gasteiger partial charge in [-0.25, -0.2) is 4.98 Å². The first-order chi connectivity index (χ1) is 14.7. The van der Waals surface area contributed by atoms with Crippen LogP contribution in [0.2, 0.25) is 0 Å². The normalized spacial score (nSPS) is 15.6. The van der Waals surface area contributed by atoms with Gasteiger partial charge in [-0.2, -0.15) is 0 Å². The number of H-pyrrole nitrogens is 1. The van der Waals surface area contributed by atoms with Gasteiger partial charge in [-0.3, -0.25) is 9.69 Å². The highest BCUT2D eigenvalue weighted by Gasteiger charge is 2.28. The van der Waals surface area contributed by atoms with Crippen LogP contribution in [-0.2, 0) is 19.5 Å². The fraction of sp³-hybridized carbons (Fsp3) is 0.231. The number of aromatic nitrogens is 2. The van der Waals surface area contributed by atoms with E-state index >= 15 is 0 Å². The van der Waals surface area contributed by atoms with Crippen molar-refractivity contribution in [3.05, 3.63) is 111 Å². The molecule has 0 spiro atoms. The molecule has 1 heterocycles. The third kappa shape index (κ3) is 3.66. The van der Waals surface area contributed by atoms with E-state index in [-0.39, 0.29) is 5.56 Å². The average Bonchev–Trinajstić information content (AvgIpc) is 3.19. The van der Waals surface area contributed by atoms with Crippen LogP contribution in [0.25, 0.3) is 10.9 Å². The van der Waals surface area contributed by atoms with Crippen LogP contribution in [0.4, 0.5) is 0 Å². The van der Waals surface area contributed by atoms with E-state index in [9.17, 15) is 4.79 Å². The molecule has 5 rings (SSSR count). The molecule has 1 aliphatic rings. The monoisotopic (exact) mass is 395 g/mol. The number of rotatable bonds is 5. The first kappa shape index (κ1) is 18.8. The molecule has 1 unspecified atom stereocenters. The minimum atomic E-state index is -0.0716. The van der Waals surface area contributed by atoms with Crippen molar-refractivity contribution >= 4 is 10.9 Å². The highest BCUT2D eigenvalue weighted by molar-refractivity contribution is 5.77.